The smallest absolute Gasteiger partial charge is 0.254 e. The molecule has 1 saturated heterocycles. The van der Waals surface area contributed by atoms with Crippen molar-refractivity contribution in [3.8, 4) is 0 Å². The molecule has 1 unspecified atom stereocenters. The highest BCUT2D eigenvalue weighted by Crippen LogP contribution is 2.19. The van der Waals surface area contributed by atoms with E-state index in [-0.39, 0.29) is 5.91 Å². The van der Waals surface area contributed by atoms with Gasteiger partial charge >= 0.3 is 0 Å². The highest BCUT2D eigenvalue weighted by molar-refractivity contribution is 5.98. The standard InChI is InChI=1S/C18H22N2O/c1-2-11-20(17-9-10-19-13-17)18(21)16-8-7-14-5-3-4-6-15(14)12-16/h3-8,12,17,19H,2,9-11,13H2,1H3. The van der Waals surface area contributed by atoms with Gasteiger partial charge in [-0.15, -0.1) is 0 Å². The summed E-state index contributed by atoms with van der Waals surface area (Å²) < 4.78 is 0. The van der Waals surface area contributed by atoms with Gasteiger partial charge in [-0.05, 0) is 42.3 Å². The molecule has 1 N–H and O–H groups in total. The topological polar surface area (TPSA) is 32.3 Å². The Labute approximate surface area is 125 Å². The van der Waals surface area contributed by atoms with Crippen LogP contribution in [0.2, 0.25) is 0 Å². The van der Waals surface area contributed by atoms with Crippen LogP contribution in [0.3, 0.4) is 0 Å². The van der Waals surface area contributed by atoms with Crippen LogP contribution >= 0.6 is 0 Å². The van der Waals surface area contributed by atoms with Gasteiger partial charge in [-0.2, -0.15) is 0 Å². The van der Waals surface area contributed by atoms with Crippen molar-refractivity contribution in [2.75, 3.05) is 19.6 Å². The van der Waals surface area contributed by atoms with Crippen LogP contribution in [0.25, 0.3) is 10.8 Å². The Hall–Kier alpha value is -1.87. The van der Waals surface area contributed by atoms with Crippen molar-refractivity contribution in [2.45, 2.75) is 25.8 Å². The van der Waals surface area contributed by atoms with Gasteiger partial charge in [0.25, 0.3) is 5.91 Å². The number of rotatable bonds is 4. The number of hydrogen-bond donors (Lipinski definition) is 1. The first-order valence-electron chi connectivity index (χ1n) is 7.80. The molecule has 0 bridgehead atoms. The number of fused-ring (bicyclic) bond motifs is 1. The zero-order valence-electron chi connectivity index (χ0n) is 12.5. The molecular weight excluding hydrogens is 260 g/mol. The maximum atomic E-state index is 12.9. The van der Waals surface area contributed by atoms with Gasteiger partial charge in [0.05, 0.1) is 0 Å². The largest absolute Gasteiger partial charge is 0.334 e. The number of nitrogens with one attached hydrogen (secondary N) is 1. The molecule has 110 valence electrons. The van der Waals surface area contributed by atoms with Crippen molar-refractivity contribution < 1.29 is 4.79 Å². The monoisotopic (exact) mass is 282 g/mol. The lowest BCUT2D eigenvalue weighted by Crippen LogP contribution is -2.42. The van der Waals surface area contributed by atoms with E-state index in [0.717, 1.165) is 43.4 Å². The second kappa shape index (κ2) is 6.27. The number of nitrogens with zero attached hydrogens (tertiary/aromatic N) is 1. The first-order valence-corrected chi connectivity index (χ1v) is 7.80. The van der Waals surface area contributed by atoms with E-state index in [1.54, 1.807) is 0 Å². The van der Waals surface area contributed by atoms with Crippen LogP contribution in [-0.2, 0) is 0 Å². The molecule has 0 aromatic heterocycles. The summed E-state index contributed by atoms with van der Waals surface area (Å²) in [6, 6.07) is 14.5. The summed E-state index contributed by atoms with van der Waals surface area (Å²) in [6.07, 6.45) is 2.05. The van der Waals surface area contributed by atoms with Crippen LogP contribution in [0.4, 0.5) is 0 Å². The SMILES string of the molecule is CCCN(C(=O)c1ccc2ccccc2c1)C1CCNC1. The van der Waals surface area contributed by atoms with Crippen molar-refractivity contribution in [1.82, 2.24) is 10.2 Å². The summed E-state index contributed by atoms with van der Waals surface area (Å²) in [6.45, 7) is 4.89. The number of amides is 1. The molecule has 1 heterocycles. The van der Waals surface area contributed by atoms with Crippen molar-refractivity contribution >= 4 is 16.7 Å². The minimum atomic E-state index is 0.163. The highest BCUT2D eigenvalue weighted by Gasteiger charge is 2.26. The van der Waals surface area contributed by atoms with Crippen LogP contribution in [0.5, 0.6) is 0 Å². The zero-order chi connectivity index (χ0) is 14.7. The minimum absolute atomic E-state index is 0.163. The Morgan fingerprint density at radius 1 is 1.24 bits per heavy atom. The third-order valence-electron chi connectivity index (χ3n) is 4.20. The molecule has 0 saturated carbocycles. The Balaban J connectivity index is 1.89. The second-order valence-corrected chi connectivity index (χ2v) is 5.71. The fourth-order valence-corrected chi connectivity index (χ4v) is 3.08. The summed E-state index contributed by atoms with van der Waals surface area (Å²) in [5.74, 6) is 0.163. The lowest BCUT2D eigenvalue weighted by Gasteiger charge is -2.28. The quantitative estimate of drug-likeness (QED) is 0.934. The first kappa shape index (κ1) is 14.1. The molecule has 1 aliphatic rings. The molecule has 0 spiro atoms. The van der Waals surface area contributed by atoms with Crippen LogP contribution in [0.15, 0.2) is 42.5 Å². The van der Waals surface area contributed by atoms with Crippen molar-refractivity contribution in [3.63, 3.8) is 0 Å². The summed E-state index contributed by atoms with van der Waals surface area (Å²) in [7, 11) is 0. The van der Waals surface area contributed by atoms with E-state index in [1.807, 2.05) is 35.2 Å². The molecule has 3 heteroatoms. The lowest BCUT2D eigenvalue weighted by molar-refractivity contribution is 0.0692. The van der Waals surface area contributed by atoms with Crippen LogP contribution in [0, 0.1) is 0 Å². The molecule has 0 radical (unpaired) electrons. The molecule has 1 aliphatic heterocycles. The molecule has 21 heavy (non-hydrogen) atoms. The van der Waals surface area contributed by atoms with E-state index >= 15 is 0 Å². The third-order valence-corrected chi connectivity index (χ3v) is 4.20. The summed E-state index contributed by atoms with van der Waals surface area (Å²) in [5, 5.41) is 5.66. The van der Waals surface area contributed by atoms with E-state index < -0.39 is 0 Å². The van der Waals surface area contributed by atoms with Crippen LogP contribution < -0.4 is 5.32 Å². The molecule has 1 atom stereocenters. The number of carbonyl (C=O) groups excluding carboxylic acids is 1. The molecule has 0 aliphatic carbocycles. The van der Waals surface area contributed by atoms with Gasteiger partial charge in [0.2, 0.25) is 0 Å². The maximum Gasteiger partial charge on any atom is 0.254 e. The van der Waals surface area contributed by atoms with Gasteiger partial charge in [0, 0.05) is 24.7 Å². The molecule has 3 nitrogen and oxygen atoms in total. The average Bonchev–Trinajstić information content (AvgIpc) is 3.05. The minimum Gasteiger partial charge on any atom is -0.334 e. The van der Waals surface area contributed by atoms with E-state index in [2.05, 4.69) is 24.4 Å². The molecule has 3 rings (SSSR count). The second-order valence-electron chi connectivity index (χ2n) is 5.71. The summed E-state index contributed by atoms with van der Waals surface area (Å²) in [5.41, 5.74) is 0.800. The van der Waals surface area contributed by atoms with E-state index in [1.165, 1.54) is 5.39 Å². The predicted octanol–water partition coefficient (Wildman–Crippen LogP) is 3.05. The summed E-state index contributed by atoms with van der Waals surface area (Å²) in [4.78, 5) is 14.9. The summed E-state index contributed by atoms with van der Waals surface area (Å²) >= 11 is 0. The van der Waals surface area contributed by atoms with Gasteiger partial charge in [0.15, 0.2) is 0 Å². The number of hydrogen-bond acceptors (Lipinski definition) is 2. The van der Waals surface area contributed by atoms with E-state index in [0.29, 0.717) is 6.04 Å². The number of benzene rings is 2. The Kier molecular flexibility index (Phi) is 4.20. The van der Waals surface area contributed by atoms with Crippen molar-refractivity contribution in [2.24, 2.45) is 0 Å². The van der Waals surface area contributed by atoms with Gasteiger partial charge in [-0.25, -0.2) is 0 Å². The van der Waals surface area contributed by atoms with Gasteiger partial charge in [0.1, 0.15) is 0 Å². The predicted molar refractivity (Wildman–Crippen MR) is 86.6 cm³/mol. The normalized spacial score (nSPS) is 18.0. The number of carbonyl (C=O) groups is 1. The molecular formula is C18H22N2O. The lowest BCUT2D eigenvalue weighted by atomic mass is 10.1. The Bertz CT molecular complexity index is 632. The van der Waals surface area contributed by atoms with Crippen LogP contribution in [0.1, 0.15) is 30.1 Å². The third kappa shape index (κ3) is 2.93. The van der Waals surface area contributed by atoms with Crippen LogP contribution in [-0.4, -0.2) is 36.5 Å². The van der Waals surface area contributed by atoms with Gasteiger partial charge < -0.3 is 10.2 Å². The molecule has 2 aromatic carbocycles. The van der Waals surface area contributed by atoms with E-state index in [4.69, 9.17) is 0 Å². The Morgan fingerprint density at radius 3 is 2.76 bits per heavy atom. The highest BCUT2D eigenvalue weighted by atomic mass is 16.2. The molecule has 1 amide bonds. The zero-order valence-corrected chi connectivity index (χ0v) is 12.5. The molecule has 2 aromatic rings. The first-order chi connectivity index (χ1) is 10.3. The van der Waals surface area contributed by atoms with Gasteiger partial charge in [-0.1, -0.05) is 37.3 Å². The fraction of sp³-hybridized carbons (Fsp3) is 0.389. The maximum absolute atomic E-state index is 12.9. The average molecular weight is 282 g/mol. The van der Waals surface area contributed by atoms with E-state index in [9.17, 15) is 4.79 Å². The van der Waals surface area contributed by atoms with Crippen molar-refractivity contribution in [1.29, 1.82) is 0 Å². The van der Waals surface area contributed by atoms with Gasteiger partial charge in [-0.3, -0.25) is 4.79 Å². The Morgan fingerprint density at radius 2 is 2.05 bits per heavy atom. The molecule has 1 fully saturated rings. The fourth-order valence-electron chi connectivity index (χ4n) is 3.08. The van der Waals surface area contributed by atoms with Crippen molar-refractivity contribution in [3.05, 3.63) is 48.0 Å².